The van der Waals surface area contributed by atoms with Gasteiger partial charge in [-0.05, 0) is 12.1 Å². The molecule has 0 atom stereocenters. The fraction of sp³-hybridized carbons (Fsp3) is 0.308. The smallest absolute Gasteiger partial charge is 0.149 e. The Balaban J connectivity index is 1.97. The second-order valence-electron chi connectivity index (χ2n) is 4.01. The van der Waals surface area contributed by atoms with Crippen molar-refractivity contribution in [3.8, 4) is 0 Å². The van der Waals surface area contributed by atoms with Gasteiger partial charge in [-0.15, -0.1) is 0 Å². The van der Waals surface area contributed by atoms with Crippen LogP contribution in [0, 0.1) is 0 Å². The van der Waals surface area contributed by atoms with Crippen molar-refractivity contribution in [3.63, 3.8) is 0 Å². The Morgan fingerprint density at radius 3 is 2.89 bits per heavy atom. The molecule has 2 aromatic heterocycles. The molecule has 0 bridgehead atoms. The quantitative estimate of drug-likeness (QED) is 0.864. The van der Waals surface area contributed by atoms with Gasteiger partial charge in [0.2, 0.25) is 0 Å². The molecule has 2 rings (SSSR count). The van der Waals surface area contributed by atoms with Gasteiger partial charge in [0, 0.05) is 39.0 Å². The molecule has 2 aromatic rings. The minimum atomic E-state index is 0.775. The summed E-state index contributed by atoms with van der Waals surface area (Å²) in [7, 11) is 3.84. The van der Waals surface area contributed by atoms with Gasteiger partial charge in [-0.3, -0.25) is 9.97 Å². The van der Waals surface area contributed by atoms with Crippen LogP contribution in [0.2, 0.25) is 0 Å². The molecule has 94 valence electrons. The van der Waals surface area contributed by atoms with Crippen LogP contribution in [0.1, 0.15) is 5.69 Å². The lowest BCUT2D eigenvalue weighted by molar-refractivity contribution is 0.835. The minimum absolute atomic E-state index is 0.775. The zero-order valence-corrected chi connectivity index (χ0v) is 10.7. The van der Waals surface area contributed by atoms with Crippen molar-refractivity contribution < 1.29 is 0 Å². The lowest BCUT2D eigenvalue weighted by atomic mass is 10.2. The first kappa shape index (κ1) is 12.3. The van der Waals surface area contributed by atoms with E-state index in [0.29, 0.717) is 0 Å². The van der Waals surface area contributed by atoms with Crippen molar-refractivity contribution in [2.75, 3.05) is 30.9 Å². The third-order valence-corrected chi connectivity index (χ3v) is 2.70. The fourth-order valence-electron chi connectivity index (χ4n) is 1.60. The third-order valence-electron chi connectivity index (χ3n) is 2.70. The van der Waals surface area contributed by atoms with Crippen LogP contribution in [0.5, 0.6) is 0 Å². The highest BCUT2D eigenvalue weighted by molar-refractivity contribution is 5.42. The standard InChI is InChI=1S/C13H17N5/c1-14-12-9-15-10-13(17-12)18(2)8-6-11-5-3-4-7-16-11/h3-5,7,9-10H,6,8H2,1-2H3,(H,14,17). The van der Waals surface area contributed by atoms with E-state index in [1.807, 2.05) is 38.5 Å². The van der Waals surface area contributed by atoms with Crippen LogP contribution in [-0.4, -0.2) is 35.6 Å². The highest BCUT2D eigenvalue weighted by Crippen LogP contribution is 2.10. The molecule has 0 saturated carbocycles. The highest BCUT2D eigenvalue weighted by atomic mass is 15.2. The number of aromatic nitrogens is 3. The van der Waals surface area contributed by atoms with E-state index >= 15 is 0 Å². The Kier molecular flexibility index (Phi) is 4.06. The van der Waals surface area contributed by atoms with Gasteiger partial charge in [0.05, 0.1) is 12.4 Å². The van der Waals surface area contributed by atoms with Gasteiger partial charge in [-0.2, -0.15) is 0 Å². The Hall–Kier alpha value is -2.17. The molecule has 0 fully saturated rings. The van der Waals surface area contributed by atoms with Crippen molar-refractivity contribution in [2.24, 2.45) is 0 Å². The number of hydrogen-bond acceptors (Lipinski definition) is 5. The van der Waals surface area contributed by atoms with E-state index in [1.165, 1.54) is 0 Å². The van der Waals surface area contributed by atoms with Crippen molar-refractivity contribution >= 4 is 11.6 Å². The number of nitrogens with one attached hydrogen (secondary N) is 1. The average Bonchev–Trinajstić information content (AvgIpc) is 2.46. The summed E-state index contributed by atoms with van der Waals surface area (Å²) < 4.78 is 0. The Morgan fingerprint density at radius 1 is 1.28 bits per heavy atom. The largest absolute Gasteiger partial charge is 0.372 e. The Bertz CT molecular complexity index is 486. The number of rotatable bonds is 5. The molecule has 0 aliphatic rings. The van der Waals surface area contributed by atoms with E-state index in [1.54, 1.807) is 12.4 Å². The summed E-state index contributed by atoms with van der Waals surface area (Å²) >= 11 is 0. The molecule has 0 saturated heterocycles. The molecule has 0 radical (unpaired) electrons. The fourth-order valence-corrected chi connectivity index (χ4v) is 1.60. The Morgan fingerprint density at radius 2 is 2.17 bits per heavy atom. The predicted molar refractivity (Wildman–Crippen MR) is 72.8 cm³/mol. The van der Waals surface area contributed by atoms with Gasteiger partial charge in [-0.1, -0.05) is 6.07 Å². The van der Waals surface area contributed by atoms with Crippen LogP contribution in [-0.2, 0) is 6.42 Å². The second kappa shape index (κ2) is 5.95. The summed E-state index contributed by atoms with van der Waals surface area (Å²) in [5, 5.41) is 2.98. The molecular formula is C13H17N5. The molecule has 2 heterocycles. The van der Waals surface area contributed by atoms with Crippen molar-refractivity contribution in [1.82, 2.24) is 15.0 Å². The third kappa shape index (κ3) is 3.16. The lowest BCUT2D eigenvalue weighted by Crippen LogP contribution is -2.22. The van der Waals surface area contributed by atoms with E-state index in [0.717, 1.165) is 30.3 Å². The number of nitrogens with zero attached hydrogens (tertiary/aromatic N) is 4. The monoisotopic (exact) mass is 243 g/mol. The van der Waals surface area contributed by atoms with Gasteiger partial charge in [0.25, 0.3) is 0 Å². The zero-order valence-electron chi connectivity index (χ0n) is 10.7. The van der Waals surface area contributed by atoms with Gasteiger partial charge in [-0.25, -0.2) is 4.98 Å². The molecule has 0 aliphatic carbocycles. The normalized spacial score (nSPS) is 10.1. The molecule has 5 nitrogen and oxygen atoms in total. The molecule has 0 aliphatic heterocycles. The molecule has 18 heavy (non-hydrogen) atoms. The van der Waals surface area contributed by atoms with Gasteiger partial charge in [0.1, 0.15) is 11.6 Å². The maximum absolute atomic E-state index is 4.44. The van der Waals surface area contributed by atoms with E-state index < -0.39 is 0 Å². The maximum atomic E-state index is 4.44. The van der Waals surface area contributed by atoms with Gasteiger partial charge < -0.3 is 10.2 Å². The number of anilines is 2. The van der Waals surface area contributed by atoms with Crippen LogP contribution < -0.4 is 10.2 Å². The molecule has 0 unspecified atom stereocenters. The molecular weight excluding hydrogens is 226 g/mol. The summed E-state index contributed by atoms with van der Waals surface area (Å²) in [4.78, 5) is 15.0. The molecule has 0 aromatic carbocycles. The second-order valence-corrected chi connectivity index (χ2v) is 4.01. The van der Waals surface area contributed by atoms with Crippen molar-refractivity contribution in [2.45, 2.75) is 6.42 Å². The number of likely N-dealkylation sites (N-methyl/N-ethyl adjacent to an activating group) is 1. The summed E-state index contributed by atoms with van der Waals surface area (Å²) in [6.45, 7) is 0.860. The van der Waals surface area contributed by atoms with Crippen LogP contribution in [0.4, 0.5) is 11.6 Å². The zero-order chi connectivity index (χ0) is 12.8. The SMILES string of the molecule is CNc1cncc(N(C)CCc2ccccn2)n1. The first-order valence-corrected chi connectivity index (χ1v) is 5.90. The van der Waals surface area contributed by atoms with Gasteiger partial charge in [0.15, 0.2) is 0 Å². The van der Waals surface area contributed by atoms with E-state index in [2.05, 4.69) is 25.2 Å². The summed E-state index contributed by atoms with van der Waals surface area (Å²) in [5.74, 6) is 1.63. The van der Waals surface area contributed by atoms with Crippen molar-refractivity contribution in [1.29, 1.82) is 0 Å². The number of hydrogen-bond donors (Lipinski definition) is 1. The van der Waals surface area contributed by atoms with Crippen LogP contribution in [0.15, 0.2) is 36.8 Å². The summed E-state index contributed by atoms with van der Waals surface area (Å²) in [6, 6.07) is 5.96. The number of pyridine rings is 1. The van der Waals surface area contributed by atoms with E-state index in [-0.39, 0.29) is 0 Å². The highest BCUT2D eigenvalue weighted by Gasteiger charge is 2.04. The molecule has 1 N–H and O–H groups in total. The average molecular weight is 243 g/mol. The van der Waals surface area contributed by atoms with Crippen LogP contribution in [0.25, 0.3) is 0 Å². The van der Waals surface area contributed by atoms with E-state index in [4.69, 9.17) is 0 Å². The molecule has 0 spiro atoms. The first-order valence-electron chi connectivity index (χ1n) is 5.90. The predicted octanol–water partition coefficient (Wildman–Crippen LogP) is 1.59. The topological polar surface area (TPSA) is 53.9 Å². The Labute approximate surface area is 107 Å². The maximum Gasteiger partial charge on any atom is 0.149 e. The van der Waals surface area contributed by atoms with Crippen LogP contribution in [0.3, 0.4) is 0 Å². The van der Waals surface area contributed by atoms with Gasteiger partial charge >= 0.3 is 0 Å². The van der Waals surface area contributed by atoms with Crippen molar-refractivity contribution in [3.05, 3.63) is 42.5 Å². The summed E-state index contributed by atoms with van der Waals surface area (Å²) in [6.07, 6.45) is 6.18. The molecule has 0 amide bonds. The van der Waals surface area contributed by atoms with E-state index in [9.17, 15) is 0 Å². The van der Waals surface area contributed by atoms with Crippen LogP contribution >= 0.6 is 0 Å². The lowest BCUT2D eigenvalue weighted by Gasteiger charge is -2.17. The molecule has 5 heteroatoms. The minimum Gasteiger partial charge on any atom is -0.372 e. The first-order chi connectivity index (χ1) is 8.79. The summed E-state index contributed by atoms with van der Waals surface area (Å²) in [5.41, 5.74) is 1.09.